The number of rotatable bonds is 2. The highest BCUT2D eigenvalue weighted by Crippen LogP contribution is 2.47. The van der Waals surface area contributed by atoms with Gasteiger partial charge in [0.15, 0.2) is 0 Å². The lowest BCUT2D eigenvalue weighted by atomic mass is 9.64. The third kappa shape index (κ3) is 3.79. The minimum absolute atomic E-state index is 0.0782. The summed E-state index contributed by atoms with van der Waals surface area (Å²) in [6.45, 7) is 19.5. The van der Waals surface area contributed by atoms with Crippen molar-refractivity contribution >= 4 is 17.7 Å². The van der Waals surface area contributed by atoms with Gasteiger partial charge in [0.1, 0.15) is 5.82 Å². The zero-order valence-electron chi connectivity index (χ0n) is 17.8. The average Bonchev–Trinajstić information content (AvgIpc) is 2.44. The molecule has 146 valence electrons. The van der Waals surface area contributed by atoms with E-state index >= 15 is 0 Å². The molecule has 6 heteroatoms. The van der Waals surface area contributed by atoms with Crippen molar-refractivity contribution in [2.45, 2.75) is 79.8 Å². The quantitative estimate of drug-likeness (QED) is 0.845. The van der Waals surface area contributed by atoms with E-state index in [0.717, 1.165) is 23.5 Å². The largest absolute Gasteiger partial charge is 0.368 e. The first-order chi connectivity index (χ1) is 11.7. The van der Waals surface area contributed by atoms with Crippen LogP contribution in [0, 0.1) is 25.2 Å². The Balaban J connectivity index is 2.48. The molecule has 0 bridgehead atoms. The molecular weight excluding hydrogens is 326 g/mol. The highest BCUT2D eigenvalue weighted by atomic mass is 16.2. The number of aryl methyl sites for hydroxylation is 1. The lowest BCUT2D eigenvalue weighted by Crippen LogP contribution is -2.63. The topological polar surface area (TPSA) is 84.1 Å². The molecule has 1 aromatic rings. The predicted octanol–water partition coefficient (Wildman–Crippen LogP) is 3.22. The van der Waals surface area contributed by atoms with Crippen LogP contribution in [0.2, 0.25) is 0 Å². The third-order valence-electron chi connectivity index (χ3n) is 6.00. The van der Waals surface area contributed by atoms with Gasteiger partial charge in [-0.15, -0.1) is 0 Å². The van der Waals surface area contributed by atoms with Crippen LogP contribution in [0.15, 0.2) is 0 Å². The molecule has 2 heterocycles. The number of hydrogen-bond acceptors (Lipinski definition) is 5. The van der Waals surface area contributed by atoms with Gasteiger partial charge in [0, 0.05) is 28.9 Å². The van der Waals surface area contributed by atoms with Gasteiger partial charge in [-0.2, -0.15) is 4.98 Å². The van der Waals surface area contributed by atoms with Crippen molar-refractivity contribution < 1.29 is 4.79 Å². The van der Waals surface area contributed by atoms with Crippen LogP contribution >= 0.6 is 0 Å². The van der Waals surface area contributed by atoms with Crippen molar-refractivity contribution in [2.75, 3.05) is 17.2 Å². The molecule has 1 fully saturated rings. The van der Waals surface area contributed by atoms with E-state index in [1.165, 1.54) is 0 Å². The van der Waals surface area contributed by atoms with Gasteiger partial charge < -0.3 is 16.0 Å². The number of nitrogens with one attached hydrogen (secondary N) is 1. The standard InChI is InChI=1S/C20H35N5O/c1-12-13(2)22-17(21)23-15(12)25-11-14(16(26)24-18(3,4)5)10-19(6,7)20(25,8)9/h14H,10-11H2,1-9H3,(H,24,26)(H2,21,22,23)/t14-/m1/s1. The maximum absolute atomic E-state index is 12.9. The molecule has 1 aromatic heterocycles. The number of nitrogens with zero attached hydrogens (tertiary/aromatic N) is 3. The second-order valence-electron chi connectivity index (χ2n) is 9.81. The van der Waals surface area contributed by atoms with Gasteiger partial charge in [-0.3, -0.25) is 4.79 Å². The SMILES string of the molecule is Cc1nc(N)nc(N2C[C@H](C(=O)NC(C)(C)C)CC(C)(C)C2(C)C)c1C. The van der Waals surface area contributed by atoms with Gasteiger partial charge in [-0.05, 0) is 60.3 Å². The molecule has 1 aliphatic heterocycles. The Morgan fingerprint density at radius 2 is 1.77 bits per heavy atom. The molecule has 0 spiro atoms. The fourth-order valence-electron chi connectivity index (χ4n) is 3.64. The van der Waals surface area contributed by atoms with Crippen molar-refractivity contribution in [3.8, 4) is 0 Å². The van der Waals surface area contributed by atoms with Crippen molar-refractivity contribution in [3.63, 3.8) is 0 Å². The highest BCUT2D eigenvalue weighted by Gasteiger charge is 2.50. The Labute approximate surface area is 158 Å². The molecule has 2 rings (SSSR count). The molecule has 0 saturated carbocycles. The van der Waals surface area contributed by atoms with E-state index in [2.05, 4.69) is 47.9 Å². The van der Waals surface area contributed by atoms with E-state index < -0.39 is 0 Å². The molecule has 1 aliphatic rings. The van der Waals surface area contributed by atoms with Crippen LogP contribution in [-0.2, 0) is 4.79 Å². The molecular formula is C20H35N5O. The summed E-state index contributed by atoms with van der Waals surface area (Å²) in [4.78, 5) is 24.0. The van der Waals surface area contributed by atoms with Crippen LogP contribution in [0.1, 0.15) is 66.1 Å². The fraction of sp³-hybridized carbons (Fsp3) is 0.750. The van der Waals surface area contributed by atoms with Crippen LogP contribution in [0.4, 0.5) is 11.8 Å². The zero-order valence-corrected chi connectivity index (χ0v) is 17.8. The summed E-state index contributed by atoms with van der Waals surface area (Å²) >= 11 is 0. The summed E-state index contributed by atoms with van der Waals surface area (Å²) < 4.78 is 0. The molecule has 1 amide bonds. The zero-order chi connectivity index (χ0) is 20.1. The molecule has 6 nitrogen and oxygen atoms in total. The highest BCUT2D eigenvalue weighted by molar-refractivity contribution is 5.80. The summed E-state index contributed by atoms with van der Waals surface area (Å²) in [5.41, 5.74) is 7.33. The Bertz CT molecular complexity index is 703. The normalized spacial score (nSPS) is 22.2. The van der Waals surface area contributed by atoms with Crippen LogP contribution in [0.5, 0.6) is 0 Å². The summed E-state index contributed by atoms with van der Waals surface area (Å²) in [6, 6.07) is 0. The Morgan fingerprint density at radius 3 is 2.31 bits per heavy atom. The van der Waals surface area contributed by atoms with E-state index in [4.69, 9.17) is 5.73 Å². The minimum atomic E-state index is -0.245. The van der Waals surface area contributed by atoms with Gasteiger partial charge in [0.2, 0.25) is 11.9 Å². The Kier molecular flexibility index (Phi) is 5.03. The lowest BCUT2D eigenvalue weighted by molar-refractivity contribution is -0.128. The number of hydrogen-bond donors (Lipinski definition) is 2. The predicted molar refractivity (Wildman–Crippen MR) is 107 cm³/mol. The van der Waals surface area contributed by atoms with Crippen LogP contribution in [0.25, 0.3) is 0 Å². The molecule has 1 saturated heterocycles. The van der Waals surface area contributed by atoms with Crippen LogP contribution in [0.3, 0.4) is 0 Å². The first-order valence-electron chi connectivity index (χ1n) is 9.36. The number of carbonyl (C=O) groups is 1. The average molecular weight is 362 g/mol. The number of nitrogens with two attached hydrogens (primary N) is 1. The van der Waals surface area contributed by atoms with Gasteiger partial charge in [0.25, 0.3) is 0 Å². The second-order valence-corrected chi connectivity index (χ2v) is 9.81. The van der Waals surface area contributed by atoms with Crippen LogP contribution < -0.4 is 16.0 Å². The summed E-state index contributed by atoms with van der Waals surface area (Å²) in [6.07, 6.45) is 0.830. The van der Waals surface area contributed by atoms with E-state index in [1.807, 2.05) is 34.6 Å². The maximum Gasteiger partial charge on any atom is 0.225 e. The Hall–Kier alpha value is -1.85. The fourth-order valence-corrected chi connectivity index (χ4v) is 3.64. The number of amides is 1. The minimum Gasteiger partial charge on any atom is -0.368 e. The number of piperidine rings is 1. The van der Waals surface area contributed by atoms with E-state index in [-0.39, 0.29) is 34.3 Å². The van der Waals surface area contributed by atoms with Gasteiger partial charge in [-0.1, -0.05) is 13.8 Å². The van der Waals surface area contributed by atoms with E-state index in [0.29, 0.717) is 6.54 Å². The monoisotopic (exact) mass is 361 g/mol. The van der Waals surface area contributed by atoms with Crippen molar-refractivity contribution in [2.24, 2.45) is 11.3 Å². The molecule has 3 N–H and O–H groups in total. The molecule has 1 atom stereocenters. The number of aromatic nitrogens is 2. The van der Waals surface area contributed by atoms with Gasteiger partial charge in [-0.25, -0.2) is 4.98 Å². The molecule has 0 radical (unpaired) electrons. The molecule has 0 unspecified atom stereocenters. The number of carbonyl (C=O) groups excluding carboxylic acids is 1. The summed E-state index contributed by atoms with van der Waals surface area (Å²) in [5.74, 6) is 1.11. The van der Waals surface area contributed by atoms with Crippen molar-refractivity contribution in [1.82, 2.24) is 15.3 Å². The lowest BCUT2D eigenvalue weighted by Gasteiger charge is -2.56. The third-order valence-corrected chi connectivity index (χ3v) is 6.00. The van der Waals surface area contributed by atoms with Crippen molar-refractivity contribution in [3.05, 3.63) is 11.3 Å². The second kappa shape index (κ2) is 6.39. The van der Waals surface area contributed by atoms with Crippen molar-refractivity contribution in [1.29, 1.82) is 0 Å². The smallest absolute Gasteiger partial charge is 0.225 e. The summed E-state index contributed by atoms with van der Waals surface area (Å²) in [5, 5.41) is 3.14. The first-order valence-corrected chi connectivity index (χ1v) is 9.36. The first kappa shape index (κ1) is 20.5. The van der Waals surface area contributed by atoms with Crippen LogP contribution in [-0.4, -0.2) is 33.5 Å². The molecule has 0 aromatic carbocycles. The molecule has 0 aliphatic carbocycles. The maximum atomic E-state index is 12.9. The molecule has 26 heavy (non-hydrogen) atoms. The number of anilines is 2. The number of nitrogen functional groups attached to an aromatic ring is 1. The van der Waals surface area contributed by atoms with Gasteiger partial charge >= 0.3 is 0 Å². The van der Waals surface area contributed by atoms with E-state index in [1.54, 1.807) is 0 Å². The van der Waals surface area contributed by atoms with Gasteiger partial charge in [0.05, 0.1) is 5.92 Å². The Morgan fingerprint density at radius 1 is 1.19 bits per heavy atom. The summed E-state index contributed by atoms with van der Waals surface area (Å²) in [7, 11) is 0. The van der Waals surface area contributed by atoms with E-state index in [9.17, 15) is 4.79 Å².